The highest BCUT2D eigenvalue weighted by Crippen LogP contribution is 2.26. The summed E-state index contributed by atoms with van der Waals surface area (Å²) < 4.78 is 2.90. The SMILES string of the molecule is Cn1ncc(Br)c1C(=O)c1cc(Cl)ccc1Br. The number of carbonyl (C=O) groups is 1. The van der Waals surface area contributed by atoms with Crippen molar-refractivity contribution < 1.29 is 4.79 Å². The van der Waals surface area contributed by atoms with E-state index in [0.29, 0.717) is 25.2 Å². The van der Waals surface area contributed by atoms with Crippen LogP contribution in [0.4, 0.5) is 0 Å². The molecule has 3 nitrogen and oxygen atoms in total. The standard InChI is InChI=1S/C11H7Br2ClN2O/c1-16-10(9(13)5-15-16)11(17)7-4-6(14)2-3-8(7)12/h2-5H,1H3. The zero-order valence-corrected chi connectivity index (χ0v) is 12.7. The van der Waals surface area contributed by atoms with Gasteiger partial charge in [-0.2, -0.15) is 5.10 Å². The van der Waals surface area contributed by atoms with E-state index >= 15 is 0 Å². The fraction of sp³-hybridized carbons (Fsp3) is 0.0909. The van der Waals surface area contributed by atoms with Crippen LogP contribution >= 0.6 is 43.5 Å². The Bertz CT molecular complexity index is 576. The second kappa shape index (κ2) is 4.92. The van der Waals surface area contributed by atoms with Gasteiger partial charge in [0.2, 0.25) is 5.78 Å². The topological polar surface area (TPSA) is 34.9 Å². The van der Waals surface area contributed by atoms with Gasteiger partial charge in [-0.15, -0.1) is 0 Å². The molecule has 2 rings (SSSR count). The van der Waals surface area contributed by atoms with Gasteiger partial charge >= 0.3 is 0 Å². The molecule has 0 radical (unpaired) electrons. The van der Waals surface area contributed by atoms with Crippen molar-refractivity contribution in [2.75, 3.05) is 0 Å². The Hall–Kier alpha value is -0.650. The Kier molecular flexibility index (Phi) is 3.70. The van der Waals surface area contributed by atoms with E-state index in [9.17, 15) is 4.79 Å². The molecule has 0 saturated heterocycles. The number of carbonyl (C=O) groups excluding carboxylic acids is 1. The van der Waals surface area contributed by atoms with Crippen molar-refractivity contribution in [1.82, 2.24) is 9.78 Å². The van der Waals surface area contributed by atoms with Gasteiger partial charge in [0.05, 0.1) is 10.7 Å². The smallest absolute Gasteiger partial charge is 0.213 e. The molecule has 1 aromatic heterocycles. The van der Waals surface area contributed by atoms with Gasteiger partial charge in [0, 0.05) is 22.1 Å². The lowest BCUT2D eigenvalue weighted by Crippen LogP contribution is -2.09. The Labute approximate surface area is 120 Å². The maximum Gasteiger partial charge on any atom is 0.213 e. The third kappa shape index (κ3) is 2.46. The first-order valence-electron chi connectivity index (χ1n) is 4.68. The second-order valence-electron chi connectivity index (χ2n) is 3.42. The first kappa shape index (κ1) is 12.8. The molecule has 1 aromatic carbocycles. The number of aromatic nitrogens is 2. The predicted octanol–water partition coefficient (Wildman–Crippen LogP) is 3.83. The minimum Gasteiger partial charge on any atom is -0.287 e. The fourth-order valence-corrected chi connectivity index (χ4v) is 2.59. The number of aryl methyl sites for hydroxylation is 1. The van der Waals surface area contributed by atoms with Crippen LogP contribution in [0.2, 0.25) is 5.02 Å². The molecular weight excluding hydrogens is 371 g/mol. The van der Waals surface area contributed by atoms with E-state index in [1.54, 1.807) is 31.4 Å². The number of hydrogen-bond acceptors (Lipinski definition) is 2. The van der Waals surface area contributed by atoms with Crippen molar-refractivity contribution in [2.24, 2.45) is 7.05 Å². The summed E-state index contributed by atoms with van der Waals surface area (Å²) in [7, 11) is 1.72. The molecule has 17 heavy (non-hydrogen) atoms. The lowest BCUT2D eigenvalue weighted by atomic mass is 10.1. The highest BCUT2D eigenvalue weighted by molar-refractivity contribution is 9.10. The number of rotatable bonds is 2. The summed E-state index contributed by atoms with van der Waals surface area (Å²) in [4.78, 5) is 12.3. The highest BCUT2D eigenvalue weighted by atomic mass is 79.9. The van der Waals surface area contributed by atoms with E-state index < -0.39 is 0 Å². The van der Waals surface area contributed by atoms with Crippen molar-refractivity contribution in [3.05, 3.63) is 49.6 Å². The van der Waals surface area contributed by atoms with Gasteiger partial charge in [-0.1, -0.05) is 27.5 Å². The maximum absolute atomic E-state index is 12.3. The van der Waals surface area contributed by atoms with Crippen LogP contribution in [0, 0.1) is 0 Å². The molecule has 0 aliphatic carbocycles. The summed E-state index contributed by atoms with van der Waals surface area (Å²) in [6.45, 7) is 0. The molecule has 0 saturated carbocycles. The van der Waals surface area contributed by atoms with Gasteiger partial charge in [-0.25, -0.2) is 0 Å². The Morgan fingerprint density at radius 3 is 2.65 bits per heavy atom. The van der Waals surface area contributed by atoms with Gasteiger partial charge in [0.15, 0.2) is 0 Å². The lowest BCUT2D eigenvalue weighted by Gasteiger charge is -2.05. The summed E-state index contributed by atoms with van der Waals surface area (Å²) in [5.41, 5.74) is 1.01. The normalized spacial score (nSPS) is 10.6. The summed E-state index contributed by atoms with van der Waals surface area (Å²) in [6, 6.07) is 5.11. The number of halogens is 3. The van der Waals surface area contributed by atoms with E-state index in [4.69, 9.17) is 11.6 Å². The molecule has 0 aliphatic rings. The molecule has 0 atom stereocenters. The summed E-state index contributed by atoms with van der Waals surface area (Å²) >= 11 is 12.5. The minimum atomic E-state index is -0.133. The summed E-state index contributed by atoms with van der Waals surface area (Å²) in [5, 5.41) is 4.54. The van der Waals surface area contributed by atoms with Crippen LogP contribution < -0.4 is 0 Å². The van der Waals surface area contributed by atoms with Crippen LogP contribution in [0.5, 0.6) is 0 Å². The molecule has 0 fully saturated rings. The monoisotopic (exact) mass is 376 g/mol. The molecule has 1 heterocycles. The largest absolute Gasteiger partial charge is 0.287 e. The van der Waals surface area contributed by atoms with Crippen molar-refractivity contribution in [3.8, 4) is 0 Å². The summed E-state index contributed by atoms with van der Waals surface area (Å²) in [5.74, 6) is -0.133. The van der Waals surface area contributed by atoms with Crippen LogP contribution in [0.3, 0.4) is 0 Å². The van der Waals surface area contributed by atoms with Crippen molar-refractivity contribution in [1.29, 1.82) is 0 Å². The van der Waals surface area contributed by atoms with Crippen LogP contribution in [0.1, 0.15) is 16.1 Å². The fourth-order valence-electron chi connectivity index (χ4n) is 1.47. The second-order valence-corrected chi connectivity index (χ2v) is 5.56. The van der Waals surface area contributed by atoms with Gasteiger partial charge in [0.25, 0.3) is 0 Å². The van der Waals surface area contributed by atoms with Crippen molar-refractivity contribution >= 4 is 49.2 Å². The number of hydrogen-bond donors (Lipinski definition) is 0. The van der Waals surface area contributed by atoms with Crippen LogP contribution in [-0.4, -0.2) is 15.6 Å². The van der Waals surface area contributed by atoms with Crippen LogP contribution in [0.25, 0.3) is 0 Å². The highest BCUT2D eigenvalue weighted by Gasteiger charge is 2.19. The summed E-state index contributed by atoms with van der Waals surface area (Å²) in [6.07, 6.45) is 1.59. The number of nitrogens with zero attached hydrogens (tertiary/aromatic N) is 2. The van der Waals surface area contributed by atoms with E-state index in [2.05, 4.69) is 37.0 Å². The molecular formula is C11H7Br2ClN2O. The molecule has 0 aliphatic heterocycles. The molecule has 0 unspecified atom stereocenters. The van der Waals surface area contributed by atoms with Gasteiger partial charge in [0.1, 0.15) is 5.69 Å². The molecule has 2 aromatic rings. The van der Waals surface area contributed by atoms with Gasteiger partial charge in [-0.3, -0.25) is 9.48 Å². The molecule has 6 heteroatoms. The first-order chi connectivity index (χ1) is 8.00. The Morgan fingerprint density at radius 2 is 2.06 bits per heavy atom. The van der Waals surface area contributed by atoms with Gasteiger partial charge < -0.3 is 0 Å². The molecule has 0 amide bonds. The Balaban J connectivity index is 2.55. The number of benzene rings is 1. The predicted molar refractivity (Wildman–Crippen MR) is 73.5 cm³/mol. The molecule has 0 bridgehead atoms. The quantitative estimate of drug-likeness (QED) is 0.745. The maximum atomic E-state index is 12.3. The first-order valence-corrected chi connectivity index (χ1v) is 6.64. The third-order valence-corrected chi connectivity index (χ3v) is 3.79. The molecule has 88 valence electrons. The van der Waals surface area contributed by atoms with Crippen molar-refractivity contribution in [3.63, 3.8) is 0 Å². The lowest BCUT2D eigenvalue weighted by molar-refractivity contribution is 0.102. The average Bonchev–Trinajstić information content (AvgIpc) is 2.61. The van der Waals surface area contributed by atoms with E-state index in [1.165, 1.54) is 4.68 Å². The average molecular weight is 378 g/mol. The van der Waals surface area contributed by atoms with Crippen LogP contribution in [0.15, 0.2) is 33.3 Å². The Morgan fingerprint density at radius 1 is 1.35 bits per heavy atom. The van der Waals surface area contributed by atoms with E-state index in [0.717, 1.165) is 0 Å². The van der Waals surface area contributed by atoms with E-state index in [1.807, 2.05) is 0 Å². The van der Waals surface area contributed by atoms with Crippen molar-refractivity contribution in [2.45, 2.75) is 0 Å². The third-order valence-electron chi connectivity index (χ3n) is 2.28. The van der Waals surface area contributed by atoms with Crippen LogP contribution in [-0.2, 0) is 7.05 Å². The molecule has 0 N–H and O–H groups in total. The zero-order valence-electron chi connectivity index (χ0n) is 8.75. The van der Waals surface area contributed by atoms with Gasteiger partial charge in [-0.05, 0) is 34.1 Å². The number of ketones is 1. The minimum absolute atomic E-state index is 0.133. The van der Waals surface area contributed by atoms with E-state index in [-0.39, 0.29) is 5.78 Å². The molecule has 0 spiro atoms. The zero-order chi connectivity index (χ0) is 12.6.